The molecule has 0 saturated heterocycles. The van der Waals surface area contributed by atoms with E-state index < -0.39 is 5.97 Å². The molecule has 0 fully saturated rings. The number of anilines is 1. The van der Waals surface area contributed by atoms with Gasteiger partial charge in [-0.05, 0) is 18.2 Å². The van der Waals surface area contributed by atoms with Crippen molar-refractivity contribution in [2.45, 2.75) is 6.54 Å². The molecule has 2 heterocycles. The zero-order valence-electron chi connectivity index (χ0n) is 9.41. The molecular weight excluding hydrogens is 234 g/mol. The third-order valence-electron chi connectivity index (χ3n) is 2.09. The molecule has 92 valence electrons. The first kappa shape index (κ1) is 11.8. The number of nitrogens with one attached hydrogen (secondary N) is 1. The molecule has 2 aromatic rings. The number of hydrogen-bond donors (Lipinski definition) is 2. The molecule has 0 aliphatic carbocycles. The van der Waals surface area contributed by atoms with Gasteiger partial charge < -0.3 is 14.8 Å². The van der Waals surface area contributed by atoms with Gasteiger partial charge in [-0.3, -0.25) is 0 Å². The Bertz CT molecular complexity index is 532. The van der Waals surface area contributed by atoms with Crippen molar-refractivity contribution in [2.24, 2.45) is 0 Å². The quantitative estimate of drug-likeness (QED) is 0.780. The molecule has 18 heavy (non-hydrogen) atoms. The van der Waals surface area contributed by atoms with Crippen molar-refractivity contribution in [3.05, 3.63) is 48.2 Å². The maximum absolute atomic E-state index is 10.3. The van der Waals surface area contributed by atoms with Gasteiger partial charge in [0.25, 0.3) is 0 Å². The fourth-order valence-corrected chi connectivity index (χ4v) is 1.26. The van der Waals surface area contributed by atoms with Gasteiger partial charge in [0.05, 0.1) is 12.8 Å². The van der Waals surface area contributed by atoms with Crippen LogP contribution in [-0.4, -0.2) is 21.0 Å². The SMILES string of the molecule is O=C(O)/C=C/c1cnc(NCc2ccco2)nc1. The van der Waals surface area contributed by atoms with E-state index in [1.54, 1.807) is 12.3 Å². The molecule has 0 aliphatic heterocycles. The minimum atomic E-state index is -1.00. The van der Waals surface area contributed by atoms with Crippen LogP contribution in [0.1, 0.15) is 11.3 Å². The molecule has 6 heteroatoms. The summed E-state index contributed by atoms with van der Waals surface area (Å²) in [5, 5.41) is 11.5. The predicted octanol–water partition coefficient (Wildman–Crippen LogP) is 1.78. The summed E-state index contributed by atoms with van der Waals surface area (Å²) in [4.78, 5) is 18.4. The number of nitrogens with zero attached hydrogens (tertiary/aromatic N) is 2. The first-order valence-electron chi connectivity index (χ1n) is 5.23. The van der Waals surface area contributed by atoms with Crippen LogP contribution in [-0.2, 0) is 11.3 Å². The van der Waals surface area contributed by atoms with E-state index in [1.165, 1.54) is 18.5 Å². The molecular formula is C12H11N3O3. The molecule has 0 aliphatic rings. The van der Waals surface area contributed by atoms with Crippen LogP contribution in [0.15, 0.2) is 41.3 Å². The molecule has 0 atom stereocenters. The van der Waals surface area contributed by atoms with Crippen molar-refractivity contribution in [2.75, 3.05) is 5.32 Å². The second-order valence-electron chi connectivity index (χ2n) is 3.44. The normalized spacial score (nSPS) is 10.7. The standard InChI is InChI=1S/C12H11N3O3/c16-11(17)4-3-9-6-13-12(14-7-9)15-8-10-2-1-5-18-10/h1-7H,8H2,(H,16,17)(H,13,14,15)/b4-3+. The molecule has 0 bridgehead atoms. The Morgan fingerprint density at radius 3 is 2.83 bits per heavy atom. The van der Waals surface area contributed by atoms with E-state index in [-0.39, 0.29) is 0 Å². The van der Waals surface area contributed by atoms with Crippen molar-refractivity contribution in [3.63, 3.8) is 0 Å². The minimum absolute atomic E-state index is 0.457. The second-order valence-corrected chi connectivity index (χ2v) is 3.44. The van der Waals surface area contributed by atoms with Gasteiger partial charge in [-0.2, -0.15) is 0 Å². The zero-order chi connectivity index (χ0) is 12.8. The van der Waals surface area contributed by atoms with Crippen LogP contribution < -0.4 is 5.32 Å². The van der Waals surface area contributed by atoms with Crippen LogP contribution in [0.4, 0.5) is 5.95 Å². The molecule has 0 amide bonds. The summed E-state index contributed by atoms with van der Waals surface area (Å²) >= 11 is 0. The zero-order valence-corrected chi connectivity index (χ0v) is 9.41. The number of furan rings is 1. The number of carbonyl (C=O) groups is 1. The van der Waals surface area contributed by atoms with Crippen molar-refractivity contribution in [3.8, 4) is 0 Å². The first-order valence-corrected chi connectivity index (χ1v) is 5.23. The van der Waals surface area contributed by atoms with Crippen LogP contribution in [0.25, 0.3) is 6.08 Å². The molecule has 2 aromatic heterocycles. The molecule has 0 aromatic carbocycles. The summed E-state index contributed by atoms with van der Waals surface area (Å²) in [5.74, 6) is 0.238. The number of carboxylic acids is 1. The highest BCUT2D eigenvalue weighted by Crippen LogP contribution is 2.05. The van der Waals surface area contributed by atoms with Crippen molar-refractivity contribution in [1.29, 1.82) is 0 Å². The number of aromatic nitrogens is 2. The fourth-order valence-electron chi connectivity index (χ4n) is 1.26. The van der Waals surface area contributed by atoms with Crippen LogP contribution in [0.2, 0.25) is 0 Å². The highest BCUT2D eigenvalue weighted by atomic mass is 16.4. The van der Waals surface area contributed by atoms with Gasteiger partial charge in [0, 0.05) is 24.0 Å². The summed E-state index contributed by atoms with van der Waals surface area (Å²) in [5.41, 5.74) is 0.626. The Labute approximate surface area is 103 Å². The second kappa shape index (κ2) is 5.62. The van der Waals surface area contributed by atoms with E-state index >= 15 is 0 Å². The first-order chi connectivity index (χ1) is 8.74. The van der Waals surface area contributed by atoms with Crippen molar-refractivity contribution in [1.82, 2.24) is 9.97 Å². The molecule has 0 radical (unpaired) electrons. The Balaban J connectivity index is 1.93. The lowest BCUT2D eigenvalue weighted by molar-refractivity contribution is -0.131. The smallest absolute Gasteiger partial charge is 0.328 e. The van der Waals surface area contributed by atoms with Gasteiger partial charge in [0.1, 0.15) is 5.76 Å². The van der Waals surface area contributed by atoms with Gasteiger partial charge >= 0.3 is 5.97 Å². The maximum Gasteiger partial charge on any atom is 0.328 e. The van der Waals surface area contributed by atoms with Gasteiger partial charge in [0.2, 0.25) is 5.95 Å². The average Bonchev–Trinajstić information content (AvgIpc) is 2.88. The largest absolute Gasteiger partial charge is 0.478 e. The Hall–Kier alpha value is -2.63. The van der Waals surface area contributed by atoms with Gasteiger partial charge in [-0.1, -0.05) is 0 Å². The van der Waals surface area contributed by atoms with Crippen LogP contribution >= 0.6 is 0 Å². The maximum atomic E-state index is 10.3. The summed E-state index contributed by atoms with van der Waals surface area (Å²) in [6.07, 6.45) is 7.14. The van der Waals surface area contributed by atoms with Crippen molar-refractivity contribution < 1.29 is 14.3 Å². The topological polar surface area (TPSA) is 88.2 Å². The lowest BCUT2D eigenvalue weighted by Gasteiger charge is -2.01. The lowest BCUT2D eigenvalue weighted by Crippen LogP contribution is -2.02. The molecule has 0 unspecified atom stereocenters. The van der Waals surface area contributed by atoms with Crippen LogP contribution in [0, 0.1) is 0 Å². The summed E-state index contributed by atoms with van der Waals surface area (Å²) in [7, 11) is 0. The highest BCUT2D eigenvalue weighted by molar-refractivity contribution is 5.85. The van der Waals surface area contributed by atoms with Crippen LogP contribution in [0.5, 0.6) is 0 Å². The Kier molecular flexibility index (Phi) is 3.70. The van der Waals surface area contributed by atoms with Gasteiger partial charge in [0.15, 0.2) is 0 Å². The fraction of sp³-hybridized carbons (Fsp3) is 0.0833. The number of hydrogen-bond acceptors (Lipinski definition) is 5. The molecule has 2 rings (SSSR count). The van der Waals surface area contributed by atoms with E-state index in [0.29, 0.717) is 18.1 Å². The Morgan fingerprint density at radius 1 is 1.44 bits per heavy atom. The van der Waals surface area contributed by atoms with Gasteiger partial charge in [-0.25, -0.2) is 14.8 Å². The summed E-state index contributed by atoms with van der Waals surface area (Å²) in [6, 6.07) is 3.65. The Morgan fingerprint density at radius 2 is 2.22 bits per heavy atom. The van der Waals surface area contributed by atoms with E-state index in [0.717, 1.165) is 11.8 Å². The predicted molar refractivity (Wildman–Crippen MR) is 64.7 cm³/mol. The third-order valence-corrected chi connectivity index (χ3v) is 2.09. The minimum Gasteiger partial charge on any atom is -0.478 e. The number of carboxylic acid groups (broad SMARTS) is 1. The number of aliphatic carboxylic acids is 1. The van der Waals surface area contributed by atoms with E-state index in [9.17, 15) is 4.79 Å². The van der Waals surface area contributed by atoms with E-state index in [1.807, 2.05) is 6.07 Å². The molecule has 6 nitrogen and oxygen atoms in total. The highest BCUT2D eigenvalue weighted by Gasteiger charge is 1.98. The monoisotopic (exact) mass is 245 g/mol. The van der Waals surface area contributed by atoms with Crippen LogP contribution in [0.3, 0.4) is 0 Å². The van der Waals surface area contributed by atoms with E-state index in [2.05, 4.69) is 15.3 Å². The molecule has 0 saturated carbocycles. The van der Waals surface area contributed by atoms with Gasteiger partial charge in [-0.15, -0.1) is 0 Å². The summed E-state index contributed by atoms with van der Waals surface area (Å²) < 4.78 is 5.15. The third kappa shape index (κ3) is 3.44. The lowest BCUT2D eigenvalue weighted by atomic mass is 10.3. The van der Waals surface area contributed by atoms with Crippen molar-refractivity contribution >= 4 is 18.0 Å². The van der Waals surface area contributed by atoms with E-state index in [4.69, 9.17) is 9.52 Å². The average molecular weight is 245 g/mol. The molecule has 0 spiro atoms. The molecule has 2 N–H and O–H groups in total. The number of rotatable bonds is 5. The summed E-state index contributed by atoms with van der Waals surface area (Å²) in [6.45, 7) is 0.497.